The van der Waals surface area contributed by atoms with Gasteiger partial charge < -0.3 is 5.32 Å². The number of nitrogens with one attached hydrogen (secondary N) is 2. The molecule has 1 atom stereocenters. The number of hydrogen-bond donors (Lipinski definition) is 2. The van der Waals surface area contributed by atoms with Crippen LogP contribution in [0.2, 0.25) is 0 Å². The van der Waals surface area contributed by atoms with Gasteiger partial charge in [-0.25, -0.2) is 21.6 Å². The Kier molecular flexibility index (Phi) is 8.28. The number of sulfone groups is 1. The summed E-state index contributed by atoms with van der Waals surface area (Å²) in [6.07, 6.45) is 0. The summed E-state index contributed by atoms with van der Waals surface area (Å²) in [4.78, 5) is 15.2. The molecular formula is C23H31N3O5S2. The maximum Gasteiger partial charge on any atom is 0.242 e. The monoisotopic (exact) mass is 493 g/mol. The van der Waals surface area contributed by atoms with Crippen LogP contribution in [-0.2, 0) is 37.0 Å². The van der Waals surface area contributed by atoms with Crippen LogP contribution in [0.5, 0.6) is 0 Å². The standard InChI is InChI=1S/C23H31N3O5S2/c1-18(2)25-33(30,31)17-21-11-7-6-10-20(21)16-24-23(27)22(19-8-4-3-5-9-19)26-12-14-32(28,29)15-13-26/h3-11,18,22,25H,12-17H2,1-2H3,(H,24,27). The number of nitrogens with zero attached hydrogens (tertiary/aromatic N) is 1. The third-order valence-corrected chi connectivity index (χ3v) is 8.57. The molecule has 1 fully saturated rings. The van der Waals surface area contributed by atoms with Gasteiger partial charge in [-0.15, -0.1) is 0 Å². The summed E-state index contributed by atoms with van der Waals surface area (Å²) in [7, 11) is -6.59. The van der Waals surface area contributed by atoms with Gasteiger partial charge in [0.15, 0.2) is 9.84 Å². The lowest BCUT2D eigenvalue weighted by Gasteiger charge is -2.33. The SMILES string of the molecule is CC(C)NS(=O)(=O)Cc1ccccc1CNC(=O)C(c1ccccc1)N1CCS(=O)(=O)CC1. The average Bonchev–Trinajstić information content (AvgIpc) is 2.74. The fourth-order valence-electron chi connectivity index (χ4n) is 3.90. The third-order valence-electron chi connectivity index (χ3n) is 5.44. The van der Waals surface area contributed by atoms with Crippen LogP contribution in [0.4, 0.5) is 0 Å². The molecule has 2 N–H and O–H groups in total. The molecule has 0 bridgehead atoms. The van der Waals surface area contributed by atoms with Crippen molar-refractivity contribution in [3.05, 3.63) is 71.3 Å². The van der Waals surface area contributed by atoms with E-state index in [4.69, 9.17) is 0 Å². The number of sulfonamides is 1. The highest BCUT2D eigenvalue weighted by Gasteiger charge is 2.32. The zero-order valence-corrected chi connectivity index (χ0v) is 20.5. The van der Waals surface area contributed by atoms with E-state index >= 15 is 0 Å². The first-order chi connectivity index (χ1) is 15.6. The Bertz CT molecular complexity index is 1150. The van der Waals surface area contributed by atoms with Gasteiger partial charge in [-0.3, -0.25) is 9.69 Å². The third kappa shape index (κ3) is 7.36. The van der Waals surface area contributed by atoms with Crippen LogP contribution in [0.25, 0.3) is 0 Å². The molecule has 33 heavy (non-hydrogen) atoms. The molecule has 2 aromatic carbocycles. The van der Waals surface area contributed by atoms with Crippen LogP contribution in [0.15, 0.2) is 54.6 Å². The normalized spacial score (nSPS) is 17.5. The van der Waals surface area contributed by atoms with E-state index in [1.165, 1.54) is 0 Å². The lowest BCUT2D eigenvalue weighted by atomic mass is 10.0. The number of amides is 1. The van der Waals surface area contributed by atoms with Crippen molar-refractivity contribution in [2.24, 2.45) is 0 Å². The zero-order chi connectivity index (χ0) is 24.1. The molecule has 180 valence electrons. The summed E-state index contributed by atoms with van der Waals surface area (Å²) >= 11 is 0. The number of benzene rings is 2. The quantitative estimate of drug-likeness (QED) is 0.549. The molecule has 0 spiro atoms. The summed E-state index contributed by atoms with van der Waals surface area (Å²) in [6.45, 7) is 4.26. The van der Waals surface area contributed by atoms with Gasteiger partial charge in [0, 0.05) is 25.7 Å². The van der Waals surface area contributed by atoms with Crippen LogP contribution in [-0.4, -0.2) is 58.3 Å². The van der Waals surface area contributed by atoms with Gasteiger partial charge in [0.1, 0.15) is 6.04 Å². The molecule has 1 aliphatic rings. The predicted octanol–water partition coefficient (Wildman–Crippen LogP) is 1.60. The van der Waals surface area contributed by atoms with Crippen molar-refractivity contribution in [2.75, 3.05) is 24.6 Å². The molecule has 1 amide bonds. The van der Waals surface area contributed by atoms with E-state index in [9.17, 15) is 21.6 Å². The maximum absolute atomic E-state index is 13.3. The van der Waals surface area contributed by atoms with Crippen LogP contribution in [0.1, 0.15) is 36.6 Å². The van der Waals surface area contributed by atoms with Gasteiger partial charge in [-0.1, -0.05) is 54.6 Å². The Balaban J connectivity index is 1.76. The topological polar surface area (TPSA) is 113 Å². The van der Waals surface area contributed by atoms with E-state index < -0.39 is 25.9 Å². The fraction of sp³-hybridized carbons (Fsp3) is 0.435. The largest absolute Gasteiger partial charge is 0.350 e. The summed E-state index contributed by atoms with van der Waals surface area (Å²) in [5.41, 5.74) is 2.12. The highest BCUT2D eigenvalue weighted by Crippen LogP contribution is 2.23. The molecule has 0 radical (unpaired) electrons. The Hall–Kier alpha value is -2.27. The minimum atomic E-state index is -3.51. The molecule has 0 aliphatic carbocycles. The number of carbonyl (C=O) groups is 1. The van der Waals surface area contributed by atoms with E-state index in [1.807, 2.05) is 35.2 Å². The zero-order valence-electron chi connectivity index (χ0n) is 18.9. The molecule has 8 nitrogen and oxygen atoms in total. The summed E-state index contributed by atoms with van der Waals surface area (Å²) in [6, 6.07) is 15.5. The van der Waals surface area contributed by atoms with Crippen molar-refractivity contribution < 1.29 is 21.6 Å². The molecule has 1 heterocycles. The lowest BCUT2D eigenvalue weighted by molar-refractivity contribution is -0.126. The summed E-state index contributed by atoms with van der Waals surface area (Å²) < 4.78 is 51.1. The van der Waals surface area contributed by atoms with E-state index in [1.54, 1.807) is 38.1 Å². The van der Waals surface area contributed by atoms with Crippen LogP contribution >= 0.6 is 0 Å². The molecule has 1 saturated heterocycles. The first-order valence-electron chi connectivity index (χ1n) is 10.9. The second-order valence-corrected chi connectivity index (χ2v) is 12.6. The Morgan fingerprint density at radius 3 is 2.15 bits per heavy atom. The van der Waals surface area contributed by atoms with E-state index in [2.05, 4.69) is 10.0 Å². The smallest absolute Gasteiger partial charge is 0.242 e. The van der Waals surface area contributed by atoms with Crippen LogP contribution in [0.3, 0.4) is 0 Å². The van der Waals surface area contributed by atoms with Crippen molar-refractivity contribution >= 4 is 25.8 Å². The molecule has 3 rings (SSSR count). The van der Waals surface area contributed by atoms with Crippen LogP contribution < -0.4 is 10.0 Å². The van der Waals surface area contributed by atoms with Crippen molar-refractivity contribution in [1.82, 2.24) is 14.9 Å². The fourth-order valence-corrected chi connectivity index (χ4v) is 6.63. The minimum absolute atomic E-state index is 0.0210. The number of carbonyl (C=O) groups excluding carboxylic acids is 1. The van der Waals surface area contributed by atoms with Gasteiger partial charge in [-0.2, -0.15) is 0 Å². The van der Waals surface area contributed by atoms with E-state index in [-0.39, 0.29) is 48.8 Å². The summed E-state index contributed by atoms with van der Waals surface area (Å²) in [5, 5.41) is 2.94. The molecule has 2 aromatic rings. The Morgan fingerprint density at radius 1 is 0.970 bits per heavy atom. The highest BCUT2D eigenvalue weighted by atomic mass is 32.2. The molecule has 1 unspecified atom stereocenters. The molecule has 0 saturated carbocycles. The van der Waals surface area contributed by atoms with Gasteiger partial charge in [0.25, 0.3) is 0 Å². The first-order valence-corrected chi connectivity index (χ1v) is 14.4. The average molecular weight is 494 g/mol. The number of hydrogen-bond acceptors (Lipinski definition) is 6. The molecule has 0 aromatic heterocycles. The molecular weight excluding hydrogens is 462 g/mol. The second kappa shape index (κ2) is 10.8. The van der Waals surface area contributed by atoms with Gasteiger partial charge in [0.2, 0.25) is 15.9 Å². The van der Waals surface area contributed by atoms with Crippen LogP contribution in [0, 0.1) is 0 Å². The highest BCUT2D eigenvalue weighted by molar-refractivity contribution is 7.91. The van der Waals surface area contributed by atoms with Gasteiger partial charge in [0.05, 0.1) is 17.3 Å². The van der Waals surface area contributed by atoms with Gasteiger partial charge >= 0.3 is 0 Å². The second-order valence-electron chi connectivity index (χ2n) is 8.52. The molecule has 10 heteroatoms. The maximum atomic E-state index is 13.3. The molecule has 1 aliphatic heterocycles. The number of rotatable bonds is 9. The Morgan fingerprint density at radius 2 is 1.55 bits per heavy atom. The lowest BCUT2D eigenvalue weighted by Crippen LogP contribution is -2.47. The van der Waals surface area contributed by atoms with E-state index in [0.717, 1.165) is 5.56 Å². The van der Waals surface area contributed by atoms with Crippen molar-refractivity contribution in [3.63, 3.8) is 0 Å². The van der Waals surface area contributed by atoms with Crippen molar-refractivity contribution in [3.8, 4) is 0 Å². The van der Waals surface area contributed by atoms with Crippen molar-refractivity contribution in [1.29, 1.82) is 0 Å². The Labute approximate surface area is 196 Å². The predicted molar refractivity (Wildman–Crippen MR) is 129 cm³/mol. The van der Waals surface area contributed by atoms with Gasteiger partial charge in [-0.05, 0) is 30.5 Å². The first kappa shape index (κ1) is 25.4. The van der Waals surface area contributed by atoms with E-state index in [0.29, 0.717) is 11.1 Å². The minimum Gasteiger partial charge on any atom is -0.350 e. The van der Waals surface area contributed by atoms with Crippen molar-refractivity contribution in [2.45, 2.75) is 38.2 Å². The summed E-state index contributed by atoms with van der Waals surface area (Å²) in [5.74, 6) is -0.387.